The molecule has 0 saturated carbocycles. The first-order valence-corrected chi connectivity index (χ1v) is 5.76. The van der Waals surface area contributed by atoms with E-state index in [1.165, 1.54) is 0 Å². The van der Waals surface area contributed by atoms with Crippen molar-refractivity contribution >= 4 is 23.8 Å². The molecule has 5 N–H and O–H groups in total. The van der Waals surface area contributed by atoms with Crippen LogP contribution >= 0.6 is 0 Å². The van der Waals surface area contributed by atoms with E-state index in [4.69, 9.17) is 5.11 Å². The molecule has 0 aromatic carbocycles. The van der Waals surface area contributed by atoms with E-state index in [2.05, 4.69) is 33.7 Å². The van der Waals surface area contributed by atoms with E-state index < -0.39 is 42.5 Å². The summed E-state index contributed by atoms with van der Waals surface area (Å²) in [7, 11) is 0. The van der Waals surface area contributed by atoms with Crippen molar-refractivity contribution in [3.63, 3.8) is 0 Å². The third kappa shape index (κ3) is 7.47. The van der Waals surface area contributed by atoms with Gasteiger partial charge < -0.3 is 25.6 Å². The fraction of sp³-hybridized carbons (Fsp3) is 0.333. The molecule has 0 fully saturated rings. The predicted octanol–water partition coefficient (Wildman–Crippen LogP) is -2.38. The van der Waals surface area contributed by atoms with Crippen molar-refractivity contribution < 1.29 is 39.5 Å². The fourth-order valence-electron chi connectivity index (χ4n) is 1.01. The van der Waals surface area contributed by atoms with Crippen molar-refractivity contribution in [2.45, 2.75) is 12.1 Å². The topological polar surface area (TPSA) is 147 Å². The largest absolute Gasteiger partial charge is 0.480 e. The lowest BCUT2D eigenvalue weighted by atomic mass is 10.2. The molecule has 0 bridgehead atoms. The van der Waals surface area contributed by atoms with Crippen LogP contribution in [0.25, 0.3) is 0 Å². The number of ether oxygens (including phenoxy) is 2. The molecule has 21 heavy (non-hydrogen) atoms. The normalized spacial score (nSPS) is 12.4. The lowest BCUT2D eigenvalue weighted by Crippen LogP contribution is -2.70. The smallest absolute Gasteiger partial charge is 0.330 e. The molecular formula is C12H17N2O7+. The van der Waals surface area contributed by atoms with E-state index >= 15 is 0 Å². The Labute approximate surface area is 120 Å². The van der Waals surface area contributed by atoms with E-state index in [0.29, 0.717) is 0 Å². The van der Waals surface area contributed by atoms with E-state index in [9.17, 15) is 19.2 Å². The molecule has 0 saturated heterocycles. The Morgan fingerprint density at radius 2 is 1.57 bits per heavy atom. The minimum Gasteiger partial charge on any atom is -0.480 e. The second-order valence-corrected chi connectivity index (χ2v) is 3.76. The van der Waals surface area contributed by atoms with Crippen LogP contribution in [-0.4, -0.2) is 54.2 Å². The zero-order valence-electron chi connectivity index (χ0n) is 11.2. The molecule has 0 aliphatic carbocycles. The standard InChI is InChI=1S/C12H16N2O7/c1-3-9(15)20-5-7(13)11(17)14-8(12(18)19)6-21-10(16)4-2/h3-4,7-8H,1-2,5-6,13H2,(H,14,17)(H,18,19)/p+1/t7-,8-/m0/s1. The average Bonchev–Trinajstić information content (AvgIpc) is 2.47. The highest BCUT2D eigenvalue weighted by Gasteiger charge is 2.27. The number of carbonyl (C=O) groups excluding carboxylic acids is 3. The number of hydrogen-bond acceptors (Lipinski definition) is 6. The van der Waals surface area contributed by atoms with E-state index in [-0.39, 0.29) is 6.61 Å². The summed E-state index contributed by atoms with van der Waals surface area (Å²) in [6.45, 7) is 5.42. The fourth-order valence-corrected chi connectivity index (χ4v) is 1.01. The monoisotopic (exact) mass is 301 g/mol. The van der Waals surface area contributed by atoms with Gasteiger partial charge in [-0.1, -0.05) is 13.2 Å². The molecule has 116 valence electrons. The molecule has 9 heteroatoms. The number of aliphatic carboxylic acids is 1. The van der Waals surface area contributed by atoms with Gasteiger partial charge in [0.25, 0.3) is 5.91 Å². The summed E-state index contributed by atoms with van der Waals surface area (Å²) in [5.41, 5.74) is 3.43. The van der Waals surface area contributed by atoms with Crippen molar-refractivity contribution in [1.29, 1.82) is 0 Å². The second kappa shape index (κ2) is 9.26. The molecule has 0 spiro atoms. The SMILES string of the molecule is C=CC(=O)OC[C@H](NC(=O)[C@@H]([NH3+])COC(=O)C=C)C(=O)O. The van der Waals surface area contributed by atoms with Gasteiger partial charge in [-0.3, -0.25) is 4.79 Å². The van der Waals surface area contributed by atoms with Crippen LogP contribution in [0.5, 0.6) is 0 Å². The molecule has 9 nitrogen and oxygen atoms in total. The zero-order valence-corrected chi connectivity index (χ0v) is 11.2. The predicted molar refractivity (Wildman–Crippen MR) is 68.6 cm³/mol. The van der Waals surface area contributed by atoms with Crippen molar-refractivity contribution in [3.8, 4) is 0 Å². The third-order valence-electron chi connectivity index (χ3n) is 2.14. The Morgan fingerprint density at radius 1 is 1.10 bits per heavy atom. The summed E-state index contributed by atoms with van der Waals surface area (Å²) in [4.78, 5) is 44.2. The van der Waals surface area contributed by atoms with E-state index in [1.807, 2.05) is 0 Å². The zero-order chi connectivity index (χ0) is 16.4. The van der Waals surface area contributed by atoms with Gasteiger partial charge in [-0.15, -0.1) is 0 Å². The molecule has 0 rings (SSSR count). The lowest BCUT2D eigenvalue weighted by molar-refractivity contribution is -0.409. The van der Waals surface area contributed by atoms with Gasteiger partial charge in [0, 0.05) is 12.2 Å². The van der Waals surface area contributed by atoms with Gasteiger partial charge in [-0.2, -0.15) is 0 Å². The van der Waals surface area contributed by atoms with Crippen LogP contribution in [0.15, 0.2) is 25.3 Å². The lowest BCUT2D eigenvalue weighted by Gasteiger charge is -2.15. The Hall–Kier alpha value is -2.68. The van der Waals surface area contributed by atoms with Crippen LogP contribution in [0.3, 0.4) is 0 Å². The third-order valence-corrected chi connectivity index (χ3v) is 2.14. The summed E-state index contributed by atoms with van der Waals surface area (Å²) in [5.74, 6) is -3.71. The summed E-state index contributed by atoms with van der Waals surface area (Å²) < 4.78 is 9.14. The molecule has 0 aliphatic heterocycles. The van der Waals surface area contributed by atoms with Crippen LogP contribution in [0.2, 0.25) is 0 Å². The Balaban J connectivity index is 4.42. The summed E-state index contributed by atoms with van der Waals surface area (Å²) >= 11 is 0. The van der Waals surface area contributed by atoms with Gasteiger partial charge >= 0.3 is 17.9 Å². The Kier molecular flexibility index (Phi) is 8.08. The Morgan fingerprint density at radius 3 is 2.00 bits per heavy atom. The average molecular weight is 301 g/mol. The number of carboxylic acids is 1. The highest BCUT2D eigenvalue weighted by molar-refractivity contribution is 5.87. The van der Waals surface area contributed by atoms with Crippen molar-refractivity contribution in [3.05, 3.63) is 25.3 Å². The first kappa shape index (κ1) is 18.3. The van der Waals surface area contributed by atoms with Crippen LogP contribution < -0.4 is 11.1 Å². The molecule has 0 radical (unpaired) electrons. The Bertz CT molecular complexity index is 447. The molecule has 1 amide bonds. The van der Waals surface area contributed by atoms with Gasteiger partial charge in [0.2, 0.25) is 0 Å². The molecule has 0 unspecified atom stereocenters. The van der Waals surface area contributed by atoms with E-state index in [1.54, 1.807) is 0 Å². The number of quaternary nitrogens is 1. The number of esters is 2. The molecule has 0 aromatic heterocycles. The molecule has 2 atom stereocenters. The molecule has 0 aromatic rings. The summed E-state index contributed by atoms with van der Waals surface area (Å²) in [5, 5.41) is 11.0. The molecule has 0 aliphatic rings. The van der Waals surface area contributed by atoms with Crippen molar-refractivity contribution in [2.24, 2.45) is 0 Å². The van der Waals surface area contributed by atoms with Gasteiger partial charge in [0.05, 0.1) is 0 Å². The number of amides is 1. The van der Waals surface area contributed by atoms with Gasteiger partial charge in [0.1, 0.15) is 6.61 Å². The maximum Gasteiger partial charge on any atom is 0.330 e. The minimum absolute atomic E-state index is 0.338. The van der Waals surface area contributed by atoms with Crippen LogP contribution in [0.4, 0.5) is 0 Å². The van der Waals surface area contributed by atoms with Gasteiger partial charge in [0.15, 0.2) is 18.7 Å². The summed E-state index contributed by atoms with van der Waals surface area (Å²) in [6.07, 6.45) is 1.78. The number of nitrogens with one attached hydrogen (secondary N) is 1. The highest BCUT2D eigenvalue weighted by atomic mass is 16.5. The molecule has 0 heterocycles. The van der Waals surface area contributed by atoms with Gasteiger partial charge in [-0.05, 0) is 0 Å². The quantitative estimate of drug-likeness (QED) is 0.318. The van der Waals surface area contributed by atoms with E-state index in [0.717, 1.165) is 12.2 Å². The maximum atomic E-state index is 11.7. The number of carbonyl (C=O) groups is 4. The summed E-state index contributed by atoms with van der Waals surface area (Å²) in [6, 6.07) is -2.47. The van der Waals surface area contributed by atoms with Crippen LogP contribution in [0.1, 0.15) is 0 Å². The molecular weight excluding hydrogens is 284 g/mol. The van der Waals surface area contributed by atoms with Gasteiger partial charge in [-0.25, -0.2) is 14.4 Å². The maximum absolute atomic E-state index is 11.7. The number of carboxylic acid groups (broad SMARTS) is 1. The number of rotatable bonds is 9. The highest BCUT2D eigenvalue weighted by Crippen LogP contribution is 1.91. The van der Waals surface area contributed by atoms with Crippen molar-refractivity contribution in [1.82, 2.24) is 5.32 Å². The van der Waals surface area contributed by atoms with Crippen LogP contribution in [-0.2, 0) is 28.7 Å². The first-order chi connectivity index (χ1) is 9.81. The first-order valence-electron chi connectivity index (χ1n) is 5.76. The van der Waals surface area contributed by atoms with Crippen molar-refractivity contribution in [2.75, 3.05) is 13.2 Å². The van der Waals surface area contributed by atoms with Crippen LogP contribution in [0, 0.1) is 0 Å². The minimum atomic E-state index is -1.44. The number of hydrogen-bond donors (Lipinski definition) is 3. The second-order valence-electron chi connectivity index (χ2n) is 3.76.